The van der Waals surface area contributed by atoms with Crippen molar-refractivity contribution in [3.8, 4) is 0 Å². The van der Waals surface area contributed by atoms with Crippen LogP contribution < -0.4 is 5.32 Å². The van der Waals surface area contributed by atoms with Crippen LogP contribution in [0.25, 0.3) is 5.65 Å². The van der Waals surface area contributed by atoms with Crippen molar-refractivity contribution in [3.63, 3.8) is 0 Å². The van der Waals surface area contributed by atoms with Gasteiger partial charge in [-0.3, -0.25) is 4.40 Å². The Balaban J connectivity index is 1.81. The van der Waals surface area contributed by atoms with Crippen LogP contribution in [0.2, 0.25) is 0 Å². The lowest BCUT2D eigenvalue weighted by atomic mass is 10.4. The molecule has 19 heavy (non-hydrogen) atoms. The zero-order chi connectivity index (χ0) is 13.2. The molecule has 0 unspecified atom stereocenters. The van der Waals surface area contributed by atoms with Crippen LogP contribution in [0.4, 0.5) is 10.1 Å². The van der Waals surface area contributed by atoms with Gasteiger partial charge >= 0.3 is 0 Å². The van der Waals surface area contributed by atoms with Crippen molar-refractivity contribution in [2.45, 2.75) is 6.54 Å². The van der Waals surface area contributed by atoms with Gasteiger partial charge in [-0.05, 0) is 28.1 Å². The SMILES string of the molecule is Fc1ccc(NCc2cnc3cnc(Br)cn23)cn1. The fourth-order valence-corrected chi connectivity index (χ4v) is 2.03. The number of pyridine rings is 1. The Labute approximate surface area is 116 Å². The highest BCUT2D eigenvalue weighted by Gasteiger charge is 2.04. The summed E-state index contributed by atoms with van der Waals surface area (Å²) < 4.78 is 15.4. The van der Waals surface area contributed by atoms with Crippen LogP contribution in [0.1, 0.15) is 5.69 Å². The van der Waals surface area contributed by atoms with E-state index in [0.717, 1.165) is 21.6 Å². The third-order valence-corrected chi connectivity index (χ3v) is 3.05. The zero-order valence-corrected chi connectivity index (χ0v) is 11.3. The number of imidazole rings is 1. The van der Waals surface area contributed by atoms with Gasteiger partial charge in [-0.1, -0.05) is 0 Å². The summed E-state index contributed by atoms with van der Waals surface area (Å²) in [6.45, 7) is 0.560. The predicted octanol–water partition coefficient (Wildman–Crippen LogP) is 2.64. The normalized spacial score (nSPS) is 10.8. The minimum atomic E-state index is -0.490. The van der Waals surface area contributed by atoms with Crippen molar-refractivity contribution in [3.05, 3.63) is 53.2 Å². The van der Waals surface area contributed by atoms with Gasteiger partial charge in [0.2, 0.25) is 5.95 Å². The molecule has 3 rings (SSSR count). The lowest BCUT2D eigenvalue weighted by Crippen LogP contribution is -2.03. The highest BCUT2D eigenvalue weighted by Crippen LogP contribution is 2.12. The van der Waals surface area contributed by atoms with Gasteiger partial charge in [-0.25, -0.2) is 15.0 Å². The Morgan fingerprint density at radius 3 is 2.84 bits per heavy atom. The molecule has 3 heterocycles. The molecule has 0 saturated carbocycles. The van der Waals surface area contributed by atoms with Crippen molar-refractivity contribution in [1.82, 2.24) is 19.4 Å². The van der Waals surface area contributed by atoms with Crippen molar-refractivity contribution in [2.75, 3.05) is 5.32 Å². The number of nitrogens with one attached hydrogen (secondary N) is 1. The van der Waals surface area contributed by atoms with E-state index in [1.54, 1.807) is 18.5 Å². The van der Waals surface area contributed by atoms with Crippen LogP contribution in [0.5, 0.6) is 0 Å². The molecule has 3 aromatic heterocycles. The Hall–Kier alpha value is -2.02. The molecule has 0 radical (unpaired) electrons. The summed E-state index contributed by atoms with van der Waals surface area (Å²) in [6.07, 6.45) is 6.76. The molecule has 0 aromatic carbocycles. The van der Waals surface area contributed by atoms with E-state index < -0.39 is 5.95 Å². The smallest absolute Gasteiger partial charge is 0.212 e. The first-order valence-electron chi connectivity index (χ1n) is 5.55. The summed E-state index contributed by atoms with van der Waals surface area (Å²) in [5.74, 6) is -0.490. The van der Waals surface area contributed by atoms with Crippen LogP contribution in [0.15, 0.2) is 41.5 Å². The summed E-state index contributed by atoms with van der Waals surface area (Å²) >= 11 is 3.32. The summed E-state index contributed by atoms with van der Waals surface area (Å²) in [5.41, 5.74) is 2.50. The second-order valence-electron chi connectivity index (χ2n) is 3.91. The summed E-state index contributed by atoms with van der Waals surface area (Å²) in [4.78, 5) is 11.9. The van der Waals surface area contributed by atoms with Gasteiger partial charge in [0.15, 0.2) is 5.65 Å². The van der Waals surface area contributed by atoms with E-state index in [1.807, 2.05) is 10.6 Å². The van der Waals surface area contributed by atoms with Crippen molar-refractivity contribution in [2.24, 2.45) is 0 Å². The largest absolute Gasteiger partial charge is 0.378 e. The molecule has 0 aliphatic rings. The lowest BCUT2D eigenvalue weighted by molar-refractivity contribution is 0.584. The molecule has 3 aromatic rings. The van der Waals surface area contributed by atoms with E-state index in [1.165, 1.54) is 12.3 Å². The molecular weight excluding hydrogens is 313 g/mol. The predicted molar refractivity (Wildman–Crippen MR) is 72.2 cm³/mol. The monoisotopic (exact) mass is 321 g/mol. The maximum atomic E-state index is 12.7. The number of aromatic nitrogens is 4. The Morgan fingerprint density at radius 1 is 1.16 bits per heavy atom. The first-order valence-corrected chi connectivity index (χ1v) is 6.34. The third kappa shape index (κ3) is 2.55. The lowest BCUT2D eigenvalue weighted by Gasteiger charge is -2.05. The number of hydrogen-bond acceptors (Lipinski definition) is 4. The second-order valence-corrected chi connectivity index (χ2v) is 4.72. The molecule has 0 spiro atoms. The van der Waals surface area contributed by atoms with E-state index >= 15 is 0 Å². The number of halogens is 2. The van der Waals surface area contributed by atoms with Gasteiger partial charge in [0.05, 0.1) is 36.5 Å². The zero-order valence-electron chi connectivity index (χ0n) is 9.72. The number of fused-ring (bicyclic) bond motifs is 1. The van der Waals surface area contributed by atoms with E-state index in [4.69, 9.17) is 0 Å². The topological polar surface area (TPSA) is 55.1 Å². The first kappa shape index (κ1) is 12.0. The maximum Gasteiger partial charge on any atom is 0.212 e. The van der Waals surface area contributed by atoms with Crippen LogP contribution in [0, 0.1) is 5.95 Å². The molecule has 0 saturated heterocycles. The Bertz CT molecular complexity index is 710. The molecule has 0 aliphatic carbocycles. The average Bonchev–Trinajstić information content (AvgIpc) is 2.80. The van der Waals surface area contributed by atoms with Crippen LogP contribution >= 0.6 is 15.9 Å². The summed E-state index contributed by atoms with van der Waals surface area (Å²) in [5, 5.41) is 3.16. The molecule has 0 fully saturated rings. The molecule has 1 N–H and O–H groups in total. The highest BCUT2D eigenvalue weighted by atomic mass is 79.9. The fraction of sp³-hybridized carbons (Fsp3) is 0.0833. The van der Waals surface area contributed by atoms with Crippen molar-refractivity contribution >= 4 is 27.3 Å². The van der Waals surface area contributed by atoms with Gasteiger partial charge in [0.1, 0.15) is 4.60 Å². The third-order valence-electron chi connectivity index (χ3n) is 2.64. The molecule has 0 amide bonds. The Morgan fingerprint density at radius 2 is 2.05 bits per heavy atom. The standard InChI is InChI=1S/C12H9BrFN5/c13-10-7-19-9(5-18-12(19)6-16-10)4-15-8-1-2-11(14)17-3-8/h1-3,5-7,15H,4H2. The first-order chi connectivity index (χ1) is 9.22. The minimum Gasteiger partial charge on any atom is -0.378 e. The van der Waals surface area contributed by atoms with E-state index in [2.05, 4.69) is 36.2 Å². The number of hydrogen-bond donors (Lipinski definition) is 1. The van der Waals surface area contributed by atoms with Crippen molar-refractivity contribution in [1.29, 1.82) is 0 Å². The molecule has 7 heteroatoms. The molecular formula is C12H9BrFN5. The molecule has 96 valence electrons. The molecule has 0 atom stereocenters. The van der Waals surface area contributed by atoms with Gasteiger partial charge in [-0.2, -0.15) is 4.39 Å². The number of anilines is 1. The van der Waals surface area contributed by atoms with Gasteiger partial charge < -0.3 is 5.32 Å². The quantitative estimate of drug-likeness (QED) is 0.753. The average molecular weight is 322 g/mol. The van der Waals surface area contributed by atoms with Crippen molar-refractivity contribution < 1.29 is 4.39 Å². The van der Waals surface area contributed by atoms with Gasteiger partial charge in [0.25, 0.3) is 0 Å². The van der Waals surface area contributed by atoms with Crippen LogP contribution in [0.3, 0.4) is 0 Å². The minimum absolute atomic E-state index is 0.490. The number of nitrogens with zero attached hydrogens (tertiary/aromatic N) is 4. The van der Waals surface area contributed by atoms with Crippen LogP contribution in [-0.2, 0) is 6.54 Å². The second kappa shape index (κ2) is 4.93. The van der Waals surface area contributed by atoms with E-state index in [9.17, 15) is 4.39 Å². The summed E-state index contributed by atoms with van der Waals surface area (Å²) in [7, 11) is 0. The van der Waals surface area contributed by atoms with Gasteiger partial charge in [-0.15, -0.1) is 0 Å². The van der Waals surface area contributed by atoms with E-state index in [-0.39, 0.29) is 0 Å². The van der Waals surface area contributed by atoms with Gasteiger partial charge in [0, 0.05) is 6.20 Å². The van der Waals surface area contributed by atoms with Crippen LogP contribution in [-0.4, -0.2) is 19.4 Å². The highest BCUT2D eigenvalue weighted by molar-refractivity contribution is 9.10. The van der Waals surface area contributed by atoms with E-state index in [0.29, 0.717) is 6.54 Å². The number of rotatable bonds is 3. The molecule has 0 aliphatic heterocycles. The Kier molecular flexibility index (Phi) is 3.12. The maximum absolute atomic E-state index is 12.7. The summed E-state index contributed by atoms with van der Waals surface area (Å²) in [6, 6.07) is 2.96. The molecule has 0 bridgehead atoms. The molecule has 5 nitrogen and oxygen atoms in total. The fourth-order valence-electron chi connectivity index (χ4n) is 1.72.